The van der Waals surface area contributed by atoms with Crippen LogP contribution in [-0.2, 0) is 24.7 Å². The highest BCUT2D eigenvalue weighted by molar-refractivity contribution is 7.90. The fourth-order valence-corrected chi connectivity index (χ4v) is 3.95. The van der Waals surface area contributed by atoms with Crippen LogP contribution < -0.4 is 4.72 Å². The van der Waals surface area contributed by atoms with Gasteiger partial charge in [-0.05, 0) is 37.6 Å². The zero-order chi connectivity index (χ0) is 17.2. The molecule has 0 fully saturated rings. The van der Waals surface area contributed by atoms with Gasteiger partial charge >= 0.3 is 5.97 Å². The van der Waals surface area contributed by atoms with Crippen LogP contribution in [0.2, 0.25) is 0 Å². The second kappa shape index (κ2) is 6.35. The Morgan fingerprint density at radius 3 is 1.95 bits per heavy atom. The van der Waals surface area contributed by atoms with E-state index >= 15 is 0 Å². The molecule has 0 aliphatic heterocycles. The Bertz CT molecular complexity index is 752. The van der Waals surface area contributed by atoms with E-state index in [1.807, 2.05) is 0 Å². The van der Waals surface area contributed by atoms with Crippen molar-refractivity contribution in [3.63, 3.8) is 0 Å². The Kier molecular flexibility index (Phi) is 5.37. The van der Waals surface area contributed by atoms with Crippen LogP contribution in [-0.4, -0.2) is 39.7 Å². The van der Waals surface area contributed by atoms with Gasteiger partial charge in [-0.15, -0.1) is 0 Å². The molecular weight excluding hydrogens is 330 g/mol. The van der Waals surface area contributed by atoms with Crippen LogP contribution in [0.3, 0.4) is 0 Å². The van der Waals surface area contributed by atoms with Gasteiger partial charge in [0.2, 0.25) is 10.0 Å². The van der Waals surface area contributed by atoms with E-state index in [1.165, 1.54) is 19.1 Å². The van der Waals surface area contributed by atoms with Gasteiger partial charge in [-0.1, -0.05) is 13.3 Å². The summed E-state index contributed by atoms with van der Waals surface area (Å²) >= 11 is 0. The monoisotopic (exact) mass is 349 g/mol. The third-order valence-electron chi connectivity index (χ3n) is 3.14. The summed E-state index contributed by atoms with van der Waals surface area (Å²) < 4.78 is 49.4. The Balaban J connectivity index is 3.17. The summed E-state index contributed by atoms with van der Waals surface area (Å²) in [6.45, 7) is 3.04. The number of hydrogen-bond acceptors (Lipinski definition) is 5. The second-order valence-electron chi connectivity index (χ2n) is 5.24. The highest BCUT2D eigenvalue weighted by Crippen LogP contribution is 2.19. The van der Waals surface area contributed by atoms with Crippen molar-refractivity contribution in [1.82, 2.24) is 4.72 Å². The molecule has 0 bridgehead atoms. The van der Waals surface area contributed by atoms with Crippen LogP contribution in [0.15, 0.2) is 34.1 Å². The van der Waals surface area contributed by atoms with Crippen molar-refractivity contribution in [3.8, 4) is 0 Å². The third kappa shape index (κ3) is 4.28. The van der Waals surface area contributed by atoms with Crippen LogP contribution in [0.5, 0.6) is 0 Å². The first-order valence-corrected chi connectivity index (χ1v) is 9.87. The molecule has 1 aromatic rings. The summed E-state index contributed by atoms with van der Waals surface area (Å²) in [6, 6.07) is 4.60. The molecule has 22 heavy (non-hydrogen) atoms. The molecule has 9 heteroatoms. The quantitative estimate of drug-likeness (QED) is 0.758. The third-order valence-corrected chi connectivity index (χ3v) is 5.88. The predicted molar refractivity (Wildman–Crippen MR) is 80.8 cm³/mol. The molecule has 1 atom stereocenters. The molecule has 0 saturated carbocycles. The lowest BCUT2D eigenvalue weighted by atomic mass is 9.98. The molecule has 0 unspecified atom stereocenters. The van der Waals surface area contributed by atoms with Crippen molar-refractivity contribution < 1.29 is 26.7 Å². The van der Waals surface area contributed by atoms with Crippen LogP contribution in [0.4, 0.5) is 0 Å². The van der Waals surface area contributed by atoms with Crippen molar-refractivity contribution in [2.24, 2.45) is 0 Å². The molecule has 0 aliphatic carbocycles. The van der Waals surface area contributed by atoms with Gasteiger partial charge in [0.25, 0.3) is 0 Å². The van der Waals surface area contributed by atoms with E-state index in [4.69, 9.17) is 0 Å². The van der Waals surface area contributed by atoms with Gasteiger partial charge in [-0.25, -0.2) is 16.8 Å². The molecule has 2 N–H and O–H groups in total. The maximum atomic E-state index is 12.3. The van der Waals surface area contributed by atoms with E-state index in [0.717, 1.165) is 18.4 Å². The number of carboxylic acid groups (broad SMARTS) is 1. The highest BCUT2D eigenvalue weighted by atomic mass is 32.2. The average Bonchev–Trinajstić information content (AvgIpc) is 2.37. The molecule has 0 saturated heterocycles. The molecule has 0 aromatic heterocycles. The SMILES string of the molecule is CCC[C@@](C)(NS(=O)(=O)c1ccc(S(C)(=O)=O)cc1)C(=O)O. The number of nitrogens with one attached hydrogen (secondary N) is 1. The van der Waals surface area contributed by atoms with Gasteiger partial charge in [0.05, 0.1) is 9.79 Å². The van der Waals surface area contributed by atoms with Gasteiger partial charge in [0, 0.05) is 6.26 Å². The number of benzene rings is 1. The fourth-order valence-electron chi connectivity index (χ4n) is 1.92. The highest BCUT2D eigenvalue weighted by Gasteiger charge is 2.37. The zero-order valence-electron chi connectivity index (χ0n) is 12.5. The minimum atomic E-state index is -4.07. The smallest absolute Gasteiger partial charge is 0.324 e. The summed E-state index contributed by atoms with van der Waals surface area (Å²) in [5.41, 5.74) is -1.62. The summed E-state index contributed by atoms with van der Waals surface area (Å²) in [6.07, 6.45) is 1.62. The van der Waals surface area contributed by atoms with E-state index in [9.17, 15) is 26.7 Å². The lowest BCUT2D eigenvalue weighted by Gasteiger charge is -2.25. The lowest BCUT2D eigenvalue weighted by molar-refractivity contribution is -0.143. The van der Waals surface area contributed by atoms with Crippen LogP contribution in [0.1, 0.15) is 26.7 Å². The Morgan fingerprint density at radius 1 is 1.14 bits per heavy atom. The topological polar surface area (TPSA) is 118 Å². The van der Waals surface area contributed by atoms with Gasteiger partial charge in [-0.2, -0.15) is 4.72 Å². The maximum absolute atomic E-state index is 12.3. The van der Waals surface area contributed by atoms with Gasteiger partial charge in [-0.3, -0.25) is 4.79 Å². The molecule has 1 aromatic carbocycles. The van der Waals surface area contributed by atoms with E-state index in [1.54, 1.807) is 6.92 Å². The van der Waals surface area contributed by atoms with Gasteiger partial charge < -0.3 is 5.11 Å². The lowest BCUT2D eigenvalue weighted by Crippen LogP contribution is -2.51. The first-order valence-electron chi connectivity index (χ1n) is 6.50. The number of hydrogen-bond donors (Lipinski definition) is 2. The summed E-state index contributed by atoms with van der Waals surface area (Å²) in [4.78, 5) is 11.1. The fraction of sp³-hybridized carbons (Fsp3) is 0.462. The summed E-state index contributed by atoms with van der Waals surface area (Å²) in [5.74, 6) is -1.27. The number of rotatable bonds is 7. The molecule has 1 rings (SSSR count). The first kappa shape index (κ1) is 18.6. The molecule has 124 valence electrons. The minimum Gasteiger partial charge on any atom is -0.480 e. The van der Waals surface area contributed by atoms with Crippen LogP contribution in [0, 0.1) is 0 Å². The number of sulfonamides is 1. The van der Waals surface area contributed by atoms with E-state index < -0.39 is 31.4 Å². The van der Waals surface area contributed by atoms with Crippen molar-refractivity contribution in [2.75, 3.05) is 6.26 Å². The number of carbonyl (C=O) groups is 1. The molecule has 0 radical (unpaired) electrons. The van der Waals surface area contributed by atoms with E-state index in [0.29, 0.717) is 6.42 Å². The minimum absolute atomic E-state index is 0.0130. The molecule has 0 spiro atoms. The summed E-state index contributed by atoms with van der Waals surface area (Å²) in [7, 11) is -7.50. The van der Waals surface area contributed by atoms with Crippen molar-refractivity contribution in [3.05, 3.63) is 24.3 Å². The Labute approximate surface area is 130 Å². The van der Waals surface area contributed by atoms with Gasteiger partial charge in [0.15, 0.2) is 9.84 Å². The van der Waals surface area contributed by atoms with E-state index in [-0.39, 0.29) is 16.2 Å². The molecule has 7 nitrogen and oxygen atoms in total. The number of sulfone groups is 1. The molecule has 0 heterocycles. The van der Waals surface area contributed by atoms with Crippen molar-refractivity contribution in [1.29, 1.82) is 0 Å². The van der Waals surface area contributed by atoms with Crippen LogP contribution >= 0.6 is 0 Å². The predicted octanol–water partition coefficient (Wildman–Crippen LogP) is 1.01. The zero-order valence-corrected chi connectivity index (χ0v) is 14.2. The Hall–Kier alpha value is -1.45. The number of aliphatic carboxylic acids is 1. The van der Waals surface area contributed by atoms with E-state index in [2.05, 4.69) is 4.72 Å². The van der Waals surface area contributed by atoms with Gasteiger partial charge in [0.1, 0.15) is 5.54 Å². The first-order chi connectivity index (χ1) is 9.92. The average molecular weight is 349 g/mol. The largest absolute Gasteiger partial charge is 0.480 e. The van der Waals surface area contributed by atoms with Crippen LogP contribution in [0.25, 0.3) is 0 Å². The molecule has 0 aliphatic rings. The maximum Gasteiger partial charge on any atom is 0.324 e. The molecule has 0 amide bonds. The van der Waals surface area contributed by atoms with Crippen molar-refractivity contribution >= 4 is 25.8 Å². The normalized spacial score (nSPS) is 15.2. The Morgan fingerprint density at radius 2 is 1.59 bits per heavy atom. The van der Waals surface area contributed by atoms with Crippen molar-refractivity contribution in [2.45, 2.75) is 42.0 Å². The summed E-state index contributed by atoms with van der Waals surface area (Å²) in [5, 5.41) is 9.22. The standard InChI is InChI=1S/C13H19NO6S2/c1-4-9-13(2,12(15)16)14-22(19,20)11-7-5-10(6-8-11)21(3,17)18/h5-8,14H,4,9H2,1-3H3,(H,15,16)/t13-/m1/s1. The second-order valence-corrected chi connectivity index (χ2v) is 8.93. The molecular formula is C13H19NO6S2. The number of carboxylic acids is 1.